The van der Waals surface area contributed by atoms with Gasteiger partial charge in [0.05, 0.1) is 6.04 Å². The van der Waals surface area contributed by atoms with Crippen LogP contribution >= 0.6 is 0 Å². The zero-order valence-electron chi connectivity index (χ0n) is 15.5. The number of unbranched alkanes of at least 4 members (excludes halogenated alkanes) is 1. The van der Waals surface area contributed by atoms with Crippen molar-refractivity contribution < 1.29 is 24.2 Å². The molecule has 1 aromatic rings. The van der Waals surface area contributed by atoms with E-state index in [1.807, 2.05) is 37.3 Å². The van der Waals surface area contributed by atoms with Crippen LogP contribution < -0.4 is 5.32 Å². The lowest BCUT2D eigenvalue weighted by molar-refractivity contribution is -0.156. The van der Waals surface area contributed by atoms with E-state index in [0.29, 0.717) is 6.42 Å². The van der Waals surface area contributed by atoms with E-state index in [0.717, 1.165) is 18.4 Å². The van der Waals surface area contributed by atoms with Crippen molar-refractivity contribution in [1.82, 2.24) is 5.32 Å². The molecule has 1 rings (SSSR count). The summed E-state index contributed by atoms with van der Waals surface area (Å²) in [6.45, 7) is 7.31. The van der Waals surface area contributed by atoms with Gasteiger partial charge in [-0.3, -0.25) is 0 Å². The maximum absolute atomic E-state index is 12.1. The summed E-state index contributed by atoms with van der Waals surface area (Å²) >= 11 is 0. The van der Waals surface area contributed by atoms with Crippen LogP contribution in [0.4, 0.5) is 4.79 Å². The quantitative estimate of drug-likeness (QED) is 0.703. The fraction of sp³-hybridized carbons (Fsp3) is 0.579. The predicted octanol–water partition coefficient (Wildman–Crippen LogP) is 3.17. The van der Waals surface area contributed by atoms with Crippen molar-refractivity contribution in [3.05, 3.63) is 35.9 Å². The van der Waals surface area contributed by atoms with Crippen molar-refractivity contribution in [2.24, 2.45) is 0 Å². The molecule has 25 heavy (non-hydrogen) atoms. The molecule has 6 nitrogen and oxygen atoms in total. The van der Waals surface area contributed by atoms with E-state index in [1.165, 1.54) is 0 Å². The minimum Gasteiger partial charge on any atom is -0.459 e. The van der Waals surface area contributed by atoms with E-state index in [2.05, 4.69) is 5.32 Å². The first-order valence-corrected chi connectivity index (χ1v) is 8.61. The number of aliphatic hydroxyl groups excluding tert-OH is 1. The molecule has 0 heterocycles. The van der Waals surface area contributed by atoms with Gasteiger partial charge in [-0.25, -0.2) is 9.59 Å². The molecule has 2 N–H and O–H groups in total. The van der Waals surface area contributed by atoms with E-state index in [9.17, 15) is 14.7 Å². The average Bonchev–Trinajstić information content (AvgIpc) is 2.55. The molecule has 0 saturated heterocycles. The molecule has 6 heteroatoms. The first-order chi connectivity index (χ1) is 11.7. The summed E-state index contributed by atoms with van der Waals surface area (Å²) in [7, 11) is 0. The van der Waals surface area contributed by atoms with Crippen molar-refractivity contribution in [2.75, 3.05) is 0 Å². The maximum atomic E-state index is 12.1. The number of rotatable bonds is 8. The highest BCUT2D eigenvalue weighted by Gasteiger charge is 2.30. The van der Waals surface area contributed by atoms with Crippen LogP contribution in [-0.2, 0) is 20.9 Å². The first-order valence-electron chi connectivity index (χ1n) is 8.61. The molecule has 0 aromatic heterocycles. The zero-order chi connectivity index (χ0) is 18.9. The number of benzene rings is 1. The molecule has 2 unspecified atom stereocenters. The summed E-state index contributed by atoms with van der Waals surface area (Å²) in [5, 5.41) is 12.9. The van der Waals surface area contributed by atoms with E-state index in [1.54, 1.807) is 20.8 Å². The molecule has 0 saturated carbocycles. The van der Waals surface area contributed by atoms with Gasteiger partial charge in [-0.15, -0.1) is 0 Å². The van der Waals surface area contributed by atoms with Gasteiger partial charge in [0, 0.05) is 0 Å². The summed E-state index contributed by atoms with van der Waals surface area (Å²) < 4.78 is 10.3. The van der Waals surface area contributed by atoms with Gasteiger partial charge in [0.1, 0.15) is 12.2 Å². The second-order valence-corrected chi connectivity index (χ2v) is 6.93. The maximum Gasteiger partial charge on any atom is 0.407 e. The summed E-state index contributed by atoms with van der Waals surface area (Å²) in [5.74, 6) is -0.763. The fourth-order valence-electron chi connectivity index (χ4n) is 2.17. The zero-order valence-corrected chi connectivity index (χ0v) is 15.5. The molecular formula is C19H29NO5. The third-order valence-electron chi connectivity index (χ3n) is 3.42. The molecule has 0 aliphatic rings. The predicted molar refractivity (Wildman–Crippen MR) is 94.9 cm³/mol. The number of carbonyl (C=O) groups excluding carboxylic acids is 2. The highest BCUT2D eigenvalue weighted by molar-refractivity contribution is 5.77. The number of esters is 1. The standard InChI is InChI=1S/C19H29NO5/c1-5-6-12-15(20-18(23)25-19(2,3)4)16(21)17(22)24-13-14-10-8-7-9-11-14/h7-11,15-16,21H,5-6,12-13H2,1-4H3,(H,20,23). The third kappa shape index (κ3) is 8.54. The van der Waals surface area contributed by atoms with Crippen LogP contribution in [0.15, 0.2) is 30.3 Å². The first kappa shape index (κ1) is 21.0. The molecule has 2 atom stereocenters. The SMILES string of the molecule is CCCCC(NC(=O)OC(C)(C)C)C(O)C(=O)OCc1ccccc1. The van der Waals surface area contributed by atoms with Crippen molar-refractivity contribution in [1.29, 1.82) is 0 Å². The Morgan fingerprint density at radius 1 is 1.20 bits per heavy atom. The Hall–Kier alpha value is -2.08. The lowest BCUT2D eigenvalue weighted by atomic mass is 10.0. The van der Waals surface area contributed by atoms with Gasteiger partial charge in [0.15, 0.2) is 6.10 Å². The van der Waals surface area contributed by atoms with Gasteiger partial charge in [0.2, 0.25) is 0 Å². The van der Waals surface area contributed by atoms with Gasteiger partial charge in [-0.1, -0.05) is 50.1 Å². The van der Waals surface area contributed by atoms with Crippen molar-refractivity contribution in [3.8, 4) is 0 Å². The van der Waals surface area contributed by atoms with Gasteiger partial charge < -0.3 is 19.9 Å². The lowest BCUT2D eigenvalue weighted by Gasteiger charge is -2.25. The topological polar surface area (TPSA) is 84.9 Å². The molecule has 0 bridgehead atoms. The largest absolute Gasteiger partial charge is 0.459 e. The fourth-order valence-corrected chi connectivity index (χ4v) is 2.17. The molecule has 0 aliphatic carbocycles. The minimum absolute atomic E-state index is 0.0731. The molecule has 0 aliphatic heterocycles. The number of ether oxygens (including phenoxy) is 2. The number of aliphatic hydroxyl groups is 1. The van der Waals surface area contributed by atoms with Crippen molar-refractivity contribution in [3.63, 3.8) is 0 Å². The Morgan fingerprint density at radius 2 is 1.84 bits per heavy atom. The smallest absolute Gasteiger partial charge is 0.407 e. The van der Waals surface area contributed by atoms with Gasteiger partial charge in [-0.2, -0.15) is 0 Å². The Labute approximate surface area is 149 Å². The molecule has 1 amide bonds. The number of hydrogen-bond donors (Lipinski definition) is 2. The van der Waals surface area contributed by atoms with Crippen LogP contribution in [0.1, 0.15) is 52.5 Å². The summed E-state index contributed by atoms with van der Waals surface area (Å²) in [4.78, 5) is 24.1. The highest BCUT2D eigenvalue weighted by Crippen LogP contribution is 2.12. The molecular weight excluding hydrogens is 322 g/mol. The molecule has 0 radical (unpaired) electrons. The van der Waals surface area contributed by atoms with Crippen LogP contribution in [0, 0.1) is 0 Å². The monoisotopic (exact) mass is 351 g/mol. The summed E-state index contributed by atoms with van der Waals surface area (Å²) in [5.41, 5.74) is 0.172. The molecule has 0 spiro atoms. The number of hydrogen-bond acceptors (Lipinski definition) is 5. The summed E-state index contributed by atoms with van der Waals surface area (Å²) in [6.07, 6.45) is -0.0228. The van der Waals surface area contributed by atoms with E-state index in [-0.39, 0.29) is 6.61 Å². The van der Waals surface area contributed by atoms with Crippen LogP contribution in [0.3, 0.4) is 0 Å². The molecule has 140 valence electrons. The molecule has 0 fully saturated rings. The normalized spacial score (nSPS) is 13.6. The van der Waals surface area contributed by atoms with Crippen molar-refractivity contribution in [2.45, 2.75) is 71.3 Å². The number of alkyl carbamates (subject to hydrolysis) is 1. The second kappa shape index (κ2) is 10.0. The van der Waals surface area contributed by atoms with E-state index < -0.39 is 29.8 Å². The highest BCUT2D eigenvalue weighted by atomic mass is 16.6. The number of carbonyl (C=O) groups is 2. The lowest BCUT2D eigenvalue weighted by Crippen LogP contribution is -2.48. The molecule has 1 aromatic carbocycles. The Balaban J connectivity index is 2.62. The minimum atomic E-state index is -1.44. The van der Waals surface area contributed by atoms with Crippen LogP contribution in [0.5, 0.6) is 0 Å². The van der Waals surface area contributed by atoms with E-state index in [4.69, 9.17) is 9.47 Å². The number of amides is 1. The van der Waals surface area contributed by atoms with Gasteiger partial charge in [0.25, 0.3) is 0 Å². The van der Waals surface area contributed by atoms with Crippen LogP contribution in [-0.4, -0.2) is 34.9 Å². The van der Waals surface area contributed by atoms with Crippen LogP contribution in [0.25, 0.3) is 0 Å². The Morgan fingerprint density at radius 3 is 2.40 bits per heavy atom. The van der Waals surface area contributed by atoms with Crippen LogP contribution in [0.2, 0.25) is 0 Å². The van der Waals surface area contributed by atoms with Gasteiger partial charge in [-0.05, 0) is 32.8 Å². The average molecular weight is 351 g/mol. The van der Waals surface area contributed by atoms with Crippen molar-refractivity contribution >= 4 is 12.1 Å². The summed E-state index contributed by atoms with van der Waals surface area (Å²) in [6, 6.07) is 8.45. The number of nitrogens with one attached hydrogen (secondary N) is 1. The van der Waals surface area contributed by atoms with Gasteiger partial charge >= 0.3 is 12.1 Å². The third-order valence-corrected chi connectivity index (χ3v) is 3.42. The Bertz CT molecular complexity index is 538. The Kier molecular flexibility index (Phi) is 8.41. The second-order valence-electron chi connectivity index (χ2n) is 6.93. The van der Waals surface area contributed by atoms with E-state index >= 15 is 0 Å².